The summed E-state index contributed by atoms with van der Waals surface area (Å²) in [6.45, 7) is 3.20. The number of rotatable bonds is 4. The van der Waals surface area contributed by atoms with Crippen LogP contribution in [0.2, 0.25) is 5.02 Å². The smallest absolute Gasteiger partial charge is 0.337 e. The molecule has 2 amide bonds. The van der Waals surface area contributed by atoms with E-state index in [1.54, 1.807) is 25.1 Å². The van der Waals surface area contributed by atoms with Crippen molar-refractivity contribution in [2.75, 3.05) is 29.9 Å². The first-order valence-corrected chi connectivity index (χ1v) is 11.0. The van der Waals surface area contributed by atoms with Crippen LogP contribution >= 0.6 is 23.4 Å². The standard InChI is InChI=1S/C22H20ClF3N2O2S/c1-14-12-16(21(30)28-8-10-31-11-9-28)4-6-19(14)27-20(29)7-3-15-2-5-18(23)17(13-15)22(24,25)26/h2-7,12-13H,8-11H2,1H3,(H,27,29). The molecule has 3 rings (SSSR count). The van der Waals surface area contributed by atoms with Crippen molar-refractivity contribution >= 4 is 46.9 Å². The van der Waals surface area contributed by atoms with E-state index in [-0.39, 0.29) is 11.5 Å². The van der Waals surface area contributed by atoms with Gasteiger partial charge in [0.1, 0.15) is 0 Å². The Balaban J connectivity index is 1.67. The topological polar surface area (TPSA) is 49.4 Å². The van der Waals surface area contributed by atoms with E-state index in [0.29, 0.717) is 29.9 Å². The van der Waals surface area contributed by atoms with Crippen molar-refractivity contribution in [3.8, 4) is 0 Å². The number of hydrogen-bond donors (Lipinski definition) is 1. The molecule has 1 aliphatic rings. The number of nitrogens with zero attached hydrogens (tertiary/aromatic N) is 1. The molecular weight excluding hydrogens is 449 g/mol. The zero-order valence-electron chi connectivity index (χ0n) is 16.6. The summed E-state index contributed by atoms with van der Waals surface area (Å²) < 4.78 is 38.9. The summed E-state index contributed by atoms with van der Waals surface area (Å²) in [6, 6.07) is 8.45. The molecule has 0 bridgehead atoms. The molecule has 0 unspecified atom stereocenters. The van der Waals surface area contributed by atoms with Gasteiger partial charge < -0.3 is 10.2 Å². The van der Waals surface area contributed by atoms with Crippen LogP contribution in [0, 0.1) is 6.92 Å². The second-order valence-corrected chi connectivity index (χ2v) is 8.63. The fraction of sp³-hybridized carbons (Fsp3) is 0.273. The molecule has 1 N–H and O–H groups in total. The van der Waals surface area contributed by atoms with Crippen molar-refractivity contribution < 1.29 is 22.8 Å². The lowest BCUT2D eigenvalue weighted by molar-refractivity contribution is -0.137. The van der Waals surface area contributed by atoms with E-state index in [1.807, 2.05) is 16.7 Å². The number of thioether (sulfide) groups is 1. The van der Waals surface area contributed by atoms with E-state index in [9.17, 15) is 22.8 Å². The molecule has 164 valence electrons. The highest BCUT2D eigenvalue weighted by atomic mass is 35.5. The van der Waals surface area contributed by atoms with Crippen LogP contribution in [0.4, 0.5) is 18.9 Å². The monoisotopic (exact) mass is 468 g/mol. The van der Waals surface area contributed by atoms with Gasteiger partial charge in [-0.25, -0.2) is 0 Å². The third-order valence-corrected chi connectivity index (χ3v) is 6.02. The Hall–Kier alpha value is -2.45. The average molecular weight is 469 g/mol. The lowest BCUT2D eigenvalue weighted by Gasteiger charge is -2.26. The summed E-state index contributed by atoms with van der Waals surface area (Å²) in [5.74, 6) is 1.30. The maximum atomic E-state index is 13.0. The Morgan fingerprint density at radius 1 is 1.13 bits per heavy atom. The van der Waals surface area contributed by atoms with Gasteiger partial charge in [0.05, 0.1) is 10.6 Å². The van der Waals surface area contributed by atoms with Crippen molar-refractivity contribution in [3.05, 3.63) is 69.8 Å². The molecule has 4 nitrogen and oxygen atoms in total. The van der Waals surface area contributed by atoms with E-state index in [0.717, 1.165) is 29.7 Å². The molecule has 1 saturated heterocycles. The number of amides is 2. The van der Waals surface area contributed by atoms with Gasteiger partial charge in [-0.15, -0.1) is 0 Å². The van der Waals surface area contributed by atoms with Crippen LogP contribution in [0.25, 0.3) is 6.08 Å². The van der Waals surface area contributed by atoms with E-state index in [1.165, 1.54) is 12.1 Å². The summed E-state index contributed by atoms with van der Waals surface area (Å²) in [5.41, 5.74) is 1.03. The second-order valence-electron chi connectivity index (χ2n) is 6.99. The second kappa shape index (κ2) is 9.78. The van der Waals surface area contributed by atoms with Crippen LogP contribution in [-0.2, 0) is 11.0 Å². The van der Waals surface area contributed by atoms with E-state index >= 15 is 0 Å². The van der Waals surface area contributed by atoms with Crippen LogP contribution in [0.5, 0.6) is 0 Å². The maximum Gasteiger partial charge on any atom is 0.417 e. The third-order valence-electron chi connectivity index (χ3n) is 4.75. The average Bonchev–Trinajstić information content (AvgIpc) is 2.74. The predicted octanol–water partition coefficient (Wildman–Crippen LogP) is 5.51. The van der Waals surface area contributed by atoms with Gasteiger partial charge >= 0.3 is 6.18 Å². The number of aryl methyl sites for hydroxylation is 1. The van der Waals surface area contributed by atoms with E-state index in [4.69, 9.17) is 11.6 Å². The summed E-state index contributed by atoms with van der Waals surface area (Å²) in [7, 11) is 0. The molecule has 9 heteroatoms. The molecule has 0 spiro atoms. The molecule has 0 atom stereocenters. The van der Waals surface area contributed by atoms with Crippen LogP contribution in [0.3, 0.4) is 0 Å². The molecule has 2 aromatic carbocycles. The van der Waals surface area contributed by atoms with Crippen molar-refractivity contribution in [1.29, 1.82) is 0 Å². The van der Waals surface area contributed by atoms with Crippen LogP contribution in [0.15, 0.2) is 42.5 Å². The van der Waals surface area contributed by atoms with Gasteiger partial charge in [-0.05, 0) is 54.5 Å². The number of nitrogens with one attached hydrogen (secondary N) is 1. The van der Waals surface area contributed by atoms with Gasteiger partial charge in [-0.1, -0.05) is 17.7 Å². The van der Waals surface area contributed by atoms with Crippen molar-refractivity contribution in [3.63, 3.8) is 0 Å². The molecule has 0 aliphatic carbocycles. The van der Waals surface area contributed by atoms with Crippen molar-refractivity contribution in [2.45, 2.75) is 13.1 Å². The Bertz CT molecular complexity index is 1020. The first-order chi connectivity index (χ1) is 14.6. The molecule has 31 heavy (non-hydrogen) atoms. The van der Waals surface area contributed by atoms with Gasteiger partial charge in [0.15, 0.2) is 0 Å². The van der Waals surface area contributed by atoms with Gasteiger partial charge in [0, 0.05) is 41.9 Å². The minimum atomic E-state index is -4.58. The lowest BCUT2D eigenvalue weighted by Crippen LogP contribution is -2.37. The van der Waals surface area contributed by atoms with Gasteiger partial charge in [-0.3, -0.25) is 9.59 Å². The molecule has 1 heterocycles. The zero-order valence-corrected chi connectivity index (χ0v) is 18.2. The molecule has 2 aromatic rings. The summed E-state index contributed by atoms with van der Waals surface area (Å²) in [5, 5.41) is 2.28. The highest BCUT2D eigenvalue weighted by molar-refractivity contribution is 7.99. The minimum absolute atomic E-state index is 0.0376. The number of hydrogen-bond acceptors (Lipinski definition) is 3. The van der Waals surface area contributed by atoms with Crippen molar-refractivity contribution in [1.82, 2.24) is 4.90 Å². The van der Waals surface area contributed by atoms with Crippen molar-refractivity contribution in [2.24, 2.45) is 0 Å². The highest BCUT2D eigenvalue weighted by Crippen LogP contribution is 2.35. The summed E-state index contributed by atoms with van der Waals surface area (Å²) >= 11 is 7.42. The van der Waals surface area contributed by atoms with Crippen LogP contribution in [-0.4, -0.2) is 41.3 Å². The van der Waals surface area contributed by atoms with E-state index in [2.05, 4.69) is 5.32 Å². The van der Waals surface area contributed by atoms with Crippen LogP contribution in [0.1, 0.15) is 27.0 Å². The number of anilines is 1. The fourth-order valence-corrected chi connectivity index (χ4v) is 4.22. The number of carbonyl (C=O) groups excluding carboxylic acids is 2. The zero-order chi connectivity index (χ0) is 22.6. The highest BCUT2D eigenvalue weighted by Gasteiger charge is 2.33. The first kappa shape index (κ1) is 23.2. The maximum absolute atomic E-state index is 13.0. The normalized spacial score (nSPS) is 14.7. The molecular formula is C22H20ClF3N2O2S. The number of carbonyl (C=O) groups is 2. The number of halogens is 4. The summed E-state index contributed by atoms with van der Waals surface area (Å²) in [4.78, 5) is 26.6. The predicted molar refractivity (Wildman–Crippen MR) is 119 cm³/mol. The lowest BCUT2D eigenvalue weighted by atomic mass is 10.1. The number of alkyl halides is 3. The molecule has 0 radical (unpaired) electrons. The Labute approximate surface area is 187 Å². The Kier molecular flexibility index (Phi) is 7.33. The Morgan fingerprint density at radius 2 is 1.84 bits per heavy atom. The molecule has 0 saturated carbocycles. The molecule has 1 aliphatic heterocycles. The first-order valence-electron chi connectivity index (χ1n) is 9.48. The fourth-order valence-electron chi connectivity index (χ4n) is 3.10. The minimum Gasteiger partial charge on any atom is -0.337 e. The largest absolute Gasteiger partial charge is 0.417 e. The number of benzene rings is 2. The molecule has 0 aromatic heterocycles. The van der Waals surface area contributed by atoms with Crippen LogP contribution < -0.4 is 5.32 Å². The third kappa shape index (κ3) is 6.04. The van der Waals surface area contributed by atoms with Gasteiger partial charge in [0.25, 0.3) is 5.91 Å². The Morgan fingerprint density at radius 3 is 2.48 bits per heavy atom. The quantitative estimate of drug-likeness (QED) is 0.602. The van der Waals surface area contributed by atoms with E-state index < -0.39 is 22.7 Å². The molecule has 1 fully saturated rings. The van der Waals surface area contributed by atoms with Gasteiger partial charge in [0.2, 0.25) is 5.91 Å². The van der Waals surface area contributed by atoms with Gasteiger partial charge in [-0.2, -0.15) is 24.9 Å². The summed E-state index contributed by atoms with van der Waals surface area (Å²) in [6.07, 6.45) is -2.15. The SMILES string of the molecule is Cc1cc(C(=O)N2CCSCC2)ccc1NC(=O)C=Cc1ccc(Cl)c(C(F)(F)F)c1.